The largest absolute Gasteiger partial charge is 0.394 e. The first-order valence-corrected chi connectivity index (χ1v) is 8.75. The molecular weight excluding hydrogens is 278 g/mol. The summed E-state index contributed by atoms with van der Waals surface area (Å²) in [6.07, 6.45) is 5.52. The molecule has 6 heteroatoms. The van der Waals surface area contributed by atoms with Crippen LogP contribution in [-0.4, -0.2) is 38.4 Å². The molecule has 2 N–H and O–H groups in total. The second kappa shape index (κ2) is 7.02. The minimum Gasteiger partial charge on any atom is -0.394 e. The van der Waals surface area contributed by atoms with Crippen molar-refractivity contribution in [3.05, 3.63) is 5.82 Å². The van der Waals surface area contributed by atoms with Gasteiger partial charge < -0.3 is 10.4 Å². The summed E-state index contributed by atoms with van der Waals surface area (Å²) in [6, 6.07) is 0.639. The van der Waals surface area contributed by atoms with Crippen LogP contribution in [0.1, 0.15) is 45.4 Å². The second-order valence-corrected chi connectivity index (χ2v) is 7.51. The van der Waals surface area contributed by atoms with Crippen molar-refractivity contribution in [2.24, 2.45) is 0 Å². The molecular formula is C13H23N3OS2. The second-order valence-electron chi connectivity index (χ2n) is 5.42. The van der Waals surface area contributed by atoms with Gasteiger partial charge in [0.05, 0.1) is 6.61 Å². The standard InChI is InChI=1S/C13H23N3OS2/c1-3-11-14-12(19-16-11)18-8-4-7-13(2,9-17)15-10-5-6-10/h10,15,17H,3-9H2,1-2H3. The van der Waals surface area contributed by atoms with Crippen LogP contribution in [-0.2, 0) is 6.42 Å². The van der Waals surface area contributed by atoms with E-state index in [-0.39, 0.29) is 12.1 Å². The van der Waals surface area contributed by atoms with Crippen molar-refractivity contribution in [3.8, 4) is 0 Å². The van der Waals surface area contributed by atoms with E-state index in [9.17, 15) is 5.11 Å². The molecule has 108 valence electrons. The number of aliphatic hydroxyl groups is 1. The van der Waals surface area contributed by atoms with Crippen LogP contribution in [0.5, 0.6) is 0 Å². The molecule has 1 unspecified atom stereocenters. The molecule has 0 radical (unpaired) electrons. The summed E-state index contributed by atoms with van der Waals surface area (Å²) in [5.41, 5.74) is -0.114. The van der Waals surface area contributed by atoms with Gasteiger partial charge in [0, 0.05) is 23.8 Å². The summed E-state index contributed by atoms with van der Waals surface area (Å²) in [5.74, 6) is 1.99. The van der Waals surface area contributed by atoms with Gasteiger partial charge >= 0.3 is 0 Å². The van der Waals surface area contributed by atoms with Crippen molar-refractivity contribution in [3.63, 3.8) is 0 Å². The Morgan fingerprint density at radius 2 is 2.32 bits per heavy atom. The third-order valence-electron chi connectivity index (χ3n) is 3.34. The zero-order chi connectivity index (χ0) is 13.7. The molecule has 19 heavy (non-hydrogen) atoms. The maximum Gasteiger partial charge on any atom is 0.170 e. The molecule has 4 nitrogen and oxygen atoms in total. The van der Waals surface area contributed by atoms with Crippen molar-refractivity contribution in [1.82, 2.24) is 14.7 Å². The molecule has 1 fully saturated rings. The average molecular weight is 301 g/mol. The van der Waals surface area contributed by atoms with Gasteiger partial charge in [-0.1, -0.05) is 18.7 Å². The lowest BCUT2D eigenvalue weighted by molar-refractivity contribution is 0.163. The number of nitrogens with zero attached hydrogens (tertiary/aromatic N) is 2. The first-order valence-electron chi connectivity index (χ1n) is 6.99. The summed E-state index contributed by atoms with van der Waals surface area (Å²) in [4.78, 5) is 4.45. The van der Waals surface area contributed by atoms with Crippen LogP contribution in [0.15, 0.2) is 4.34 Å². The zero-order valence-electron chi connectivity index (χ0n) is 11.7. The highest BCUT2D eigenvalue weighted by Gasteiger charge is 2.31. The Morgan fingerprint density at radius 1 is 1.53 bits per heavy atom. The molecule has 0 bridgehead atoms. The maximum absolute atomic E-state index is 9.52. The molecule has 2 rings (SSSR count). The highest BCUT2D eigenvalue weighted by atomic mass is 32.2. The summed E-state index contributed by atoms with van der Waals surface area (Å²) in [7, 11) is 0. The number of aliphatic hydroxyl groups excluding tert-OH is 1. The van der Waals surface area contributed by atoms with Crippen LogP contribution < -0.4 is 5.32 Å². The summed E-state index contributed by atoms with van der Waals surface area (Å²) < 4.78 is 5.35. The third-order valence-corrected chi connectivity index (χ3v) is 5.30. The molecule has 1 aromatic rings. The van der Waals surface area contributed by atoms with Crippen molar-refractivity contribution < 1.29 is 5.11 Å². The quantitative estimate of drug-likeness (QED) is 0.542. The van der Waals surface area contributed by atoms with Crippen LogP contribution in [0.3, 0.4) is 0 Å². The van der Waals surface area contributed by atoms with E-state index in [2.05, 4.69) is 28.5 Å². The van der Waals surface area contributed by atoms with Crippen LogP contribution in [0.4, 0.5) is 0 Å². The van der Waals surface area contributed by atoms with Crippen molar-refractivity contribution in [2.45, 2.75) is 61.9 Å². The zero-order valence-corrected chi connectivity index (χ0v) is 13.3. The molecule has 1 saturated carbocycles. The lowest BCUT2D eigenvalue weighted by Crippen LogP contribution is -2.46. The van der Waals surface area contributed by atoms with E-state index >= 15 is 0 Å². The fourth-order valence-corrected chi connectivity index (χ4v) is 3.68. The number of aryl methyl sites for hydroxylation is 1. The van der Waals surface area contributed by atoms with Gasteiger partial charge in [-0.3, -0.25) is 0 Å². The molecule has 0 aliphatic heterocycles. The van der Waals surface area contributed by atoms with E-state index in [0.717, 1.165) is 35.2 Å². The number of hydrogen-bond acceptors (Lipinski definition) is 6. The molecule has 1 aliphatic rings. The molecule has 1 aromatic heterocycles. The molecule has 1 heterocycles. The van der Waals surface area contributed by atoms with Gasteiger partial charge in [0.1, 0.15) is 5.82 Å². The Balaban J connectivity index is 1.67. The van der Waals surface area contributed by atoms with E-state index < -0.39 is 0 Å². The van der Waals surface area contributed by atoms with E-state index in [1.807, 2.05) is 0 Å². The van der Waals surface area contributed by atoms with Gasteiger partial charge in [0.25, 0.3) is 0 Å². The Kier molecular flexibility index (Phi) is 5.62. The predicted octanol–water partition coefficient (Wildman–Crippen LogP) is 2.48. The smallest absolute Gasteiger partial charge is 0.170 e. The number of rotatable bonds is 9. The fourth-order valence-electron chi connectivity index (χ4n) is 1.98. The van der Waals surface area contributed by atoms with Crippen LogP contribution in [0.25, 0.3) is 0 Å². The van der Waals surface area contributed by atoms with Crippen LogP contribution >= 0.6 is 23.3 Å². The van der Waals surface area contributed by atoms with Gasteiger partial charge in [0.2, 0.25) is 0 Å². The van der Waals surface area contributed by atoms with E-state index in [0.29, 0.717) is 6.04 Å². The van der Waals surface area contributed by atoms with Gasteiger partial charge in [-0.15, -0.1) is 0 Å². The fraction of sp³-hybridized carbons (Fsp3) is 0.846. The van der Waals surface area contributed by atoms with Gasteiger partial charge in [-0.05, 0) is 44.1 Å². The Labute approximate surface area is 123 Å². The van der Waals surface area contributed by atoms with E-state index in [4.69, 9.17) is 0 Å². The number of aromatic nitrogens is 2. The topological polar surface area (TPSA) is 58.0 Å². The van der Waals surface area contributed by atoms with Gasteiger partial charge in [-0.2, -0.15) is 4.37 Å². The third kappa shape index (κ3) is 5.02. The van der Waals surface area contributed by atoms with Crippen LogP contribution in [0, 0.1) is 0 Å². The molecule has 0 spiro atoms. The predicted molar refractivity (Wildman–Crippen MR) is 80.9 cm³/mol. The summed E-state index contributed by atoms with van der Waals surface area (Å²) >= 11 is 3.27. The number of thioether (sulfide) groups is 1. The highest BCUT2D eigenvalue weighted by Crippen LogP contribution is 2.26. The monoisotopic (exact) mass is 301 g/mol. The summed E-state index contributed by atoms with van der Waals surface area (Å²) in [6.45, 7) is 4.41. The minimum atomic E-state index is -0.114. The lowest BCUT2D eigenvalue weighted by Gasteiger charge is -2.29. The maximum atomic E-state index is 9.52. The number of nitrogens with one attached hydrogen (secondary N) is 1. The van der Waals surface area contributed by atoms with Gasteiger partial charge in [-0.25, -0.2) is 4.98 Å². The summed E-state index contributed by atoms with van der Waals surface area (Å²) in [5, 5.41) is 13.1. The Morgan fingerprint density at radius 3 is 2.89 bits per heavy atom. The normalized spacial score (nSPS) is 18.5. The molecule has 0 saturated heterocycles. The Bertz CT molecular complexity index is 395. The van der Waals surface area contributed by atoms with Crippen molar-refractivity contribution in [2.75, 3.05) is 12.4 Å². The number of hydrogen-bond donors (Lipinski definition) is 2. The van der Waals surface area contributed by atoms with Crippen molar-refractivity contribution >= 4 is 23.3 Å². The molecule has 0 aromatic carbocycles. The van der Waals surface area contributed by atoms with E-state index in [1.54, 1.807) is 11.8 Å². The minimum absolute atomic E-state index is 0.114. The first-order chi connectivity index (χ1) is 9.15. The molecule has 0 amide bonds. The van der Waals surface area contributed by atoms with Crippen molar-refractivity contribution in [1.29, 1.82) is 0 Å². The average Bonchev–Trinajstić information content (AvgIpc) is 3.09. The van der Waals surface area contributed by atoms with E-state index in [1.165, 1.54) is 24.4 Å². The highest BCUT2D eigenvalue weighted by molar-refractivity contribution is 8.00. The van der Waals surface area contributed by atoms with Gasteiger partial charge in [0.15, 0.2) is 4.34 Å². The van der Waals surface area contributed by atoms with Crippen LogP contribution in [0.2, 0.25) is 0 Å². The Hall–Kier alpha value is -0.170. The SMILES string of the molecule is CCc1nsc(SCCCC(C)(CO)NC2CC2)n1. The molecule has 1 aliphatic carbocycles. The lowest BCUT2D eigenvalue weighted by atomic mass is 9.97. The first kappa shape index (κ1) is 15.2. The molecule has 1 atom stereocenters.